The molecule has 7 heteroatoms. The molecule has 0 fully saturated rings. The van der Waals surface area contributed by atoms with Crippen molar-refractivity contribution >= 4 is 12.4 Å². The van der Waals surface area contributed by atoms with Crippen LogP contribution in [0.5, 0.6) is 5.75 Å². The van der Waals surface area contributed by atoms with E-state index in [9.17, 15) is 17.6 Å². The number of halogens is 5. The van der Waals surface area contributed by atoms with Crippen LogP contribution in [0.3, 0.4) is 0 Å². The lowest BCUT2D eigenvalue weighted by Crippen LogP contribution is -2.34. The van der Waals surface area contributed by atoms with Crippen LogP contribution in [-0.4, -0.2) is 12.5 Å². The van der Waals surface area contributed by atoms with E-state index in [0.29, 0.717) is 17.9 Å². The van der Waals surface area contributed by atoms with Gasteiger partial charge in [-0.15, -0.1) is 12.4 Å². The largest absolute Gasteiger partial charge is 0.461 e. The standard InChI is InChI=1S/C14H19F4NO.ClH/c1-9(2)7-8-11(19)10-5-3-4-6-12(10)20-14(17,18)13(15)16;/h3-6,9,11,13H,7-8,19H2,1-2H3;1H/t11-;/m1./s1. The van der Waals surface area contributed by atoms with Crippen molar-refractivity contribution < 1.29 is 22.3 Å². The van der Waals surface area contributed by atoms with E-state index in [0.717, 1.165) is 6.42 Å². The van der Waals surface area contributed by atoms with Crippen molar-refractivity contribution in [2.45, 2.75) is 45.3 Å². The zero-order chi connectivity index (χ0) is 15.3. The minimum Gasteiger partial charge on any atom is -0.428 e. The number of hydrogen-bond donors (Lipinski definition) is 1. The van der Waals surface area contributed by atoms with E-state index in [-0.39, 0.29) is 18.2 Å². The molecule has 0 saturated heterocycles. The second kappa shape index (κ2) is 8.44. The molecule has 0 saturated carbocycles. The second-order valence-corrected chi connectivity index (χ2v) is 5.08. The number of rotatable bonds is 7. The number of benzene rings is 1. The van der Waals surface area contributed by atoms with Crippen molar-refractivity contribution in [2.24, 2.45) is 11.7 Å². The molecule has 2 nitrogen and oxygen atoms in total. The first-order valence-corrected chi connectivity index (χ1v) is 6.43. The molecule has 21 heavy (non-hydrogen) atoms. The number of hydrogen-bond acceptors (Lipinski definition) is 2. The first-order chi connectivity index (χ1) is 9.24. The zero-order valence-corrected chi connectivity index (χ0v) is 12.7. The maximum Gasteiger partial charge on any atom is 0.461 e. The predicted octanol–water partition coefficient (Wildman–Crippen LogP) is 4.78. The van der Waals surface area contributed by atoms with Crippen LogP contribution in [0.2, 0.25) is 0 Å². The first kappa shape index (κ1) is 20.0. The topological polar surface area (TPSA) is 35.2 Å². The molecule has 1 rings (SSSR count). The third-order valence-electron chi connectivity index (χ3n) is 2.87. The molecule has 0 spiro atoms. The molecule has 0 aliphatic carbocycles. The fraction of sp³-hybridized carbons (Fsp3) is 0.571. The van der Waals surface area contributed by atoms with Crippen molar-refractivity contribution in [2.75, 3.05) is 0 Å². The van der Waals surface area contributed by atoms with Gasteiger partial charge in [-0.25, -0.2) is 0 Å². The summed E-state index contributed by atoms with van der Waals surface area (Å²) in [5.74, 6) is 0.116. The summed E-state index contributed by atoms with van der Waals surface area (Å²) in [6, 6.07) is 5.26. The SMILES string of the molecule is CC(C)CC[C@@H](N)c1ccccc1OC(F)(F)C(F)F.Cl. The molecule has 0 aliphatic rings. The first-order valence-electron chi connectivity index (χ1n) is 6.43. The average molecular weight is 330 g/mol. The van der Waals surface area contributed by atoms with Gasteiger partial charge in [0.25, 0.3) is 0 Å². The molecule has 2 N–H and O–H groups in total. The van der Waals surface area contributed by atoms with Crippen molar-refractivity contribution in [3.8, 4) is 5.75 Å². The van der Waals surface area contributed by atoms with E-state index in [4.69, 9.17) is 5.73 Å². The maximum atomic E-state index is 13.0. The van der Waals surface area contributed by atoms with Crippen LogP contribution in [0.15, 0.2) is 24.3 Å². The van der Waals surface area contributed by atoms with Gasteiger partial charge in [0.2, 0.25) is 0 Å². The van der Waals surface area contributed by atoms with Crippen LogP contribution in [0.1, 0.15) is 38.3 Å². The lowest BCUT2D eigenvalue weighted by atomic mass is 9.98. The Morgan fingerprint density at radius 2 is 1.71 bits per heavy atom. The fourth-order valence-electron chi connectivity index (χ4n) is 1.74. The highest BCUT2D eigenvalue weighted by Gasteiger charge is 2.44. The zero-order valence-electron chi connectivity index (χ0n) is 11.9. The highest BCUT2D eigenvalue weighted by Crippen LogP contribution is 2.33. The molecule has 0 amide bonds. The van der Waals surface area contributed by atoms with Crippen LogP contribution in [0.4, 0.5) is 17.6 Å². The lowest BCUT2D eigenvalue weighted by Gasteiger charge is -2.21. The van der Waals surface area contributed by atoms with Gasteiger partial charge in [0.15, 0.2) is 0 Å². The molecule has 0 bridgehead atoms. The molecule has 1 aromatic carbocycles. The Bertz CT molecular complexity index is 429. The summed E-state index contributed by atoms with van der Waals surface area (Å²) in [5.41, 5.74) is 6.24. The summed E-state index contributed by atoms with van der Waals surface area (Å²) in [7, 11) is 0. The van der Waals surface area contributed by atoms with E-state index in [1.807, 2.05) is 13.8 Å². The molecule has 1 aromatic rings. The molecule has 1 atom stereocenters. The van der Waals surface area contributed by atoms with Crippen LogP contribution in [0.25, 0.3) is 0 Å². The van der Waals surface area contributed by atoms with Gasteiger partial charge in [-0.1, -0.05) is 32.0 Å². The van der Waals surface area contributed by atoms with Gasteiger partial charge < -0.3 is 10.5 Å². The smallest absolute Gasteiger partial charge is 0.428 e. The van der Waals surface area contributed by atoms with Gasteiger partial charge in [0.1, 0.15) is 5.75 Å². The normalized spacial score (nSPS) is 13.2. The van der Waals surface area contributed by atoms with Gasteiger partial charge in [0.05, 0.1) is 0 Å². The van der Waals surface area contributed by atoms with Gasteiger partial charge >= 0.3 is 12.5 Å². The predicted molar refractivity (Wildman–Crippen MR) is 76.3 cm³/mol. The third-order valence-corrected chi connectivity index (χ3v) is 2.87. The van der Waals surface area contributed by atoms with Gasteiger partial charge in [0, 0.05) is 11.6 Å². The van der Waals surface area contributed by atoms with Crippen molar-refractivity contribution in [3.05, 3.63) is 29.8 Å². The highest BCUT2D eigenvalue weighted by atomic mass is 35.5. The Morgan fingerprint density at radius 3 is 2.24 bits per heavy atom. The van der Waals surface area contributed by atoms with Gasteiger partial charge in [-0.2, -0.15) is 17.6 Å². The minimum absolute atomic E-state index is 0. The summed E-state index contributed by atoms with van der Waals surface area (Å²) in [5, 5.41) is 0. The number of alkyl halides is 4. The summed E-state index contributed by atoms with van der Waals surface area (Å²) in [6.07, 6.45) is -7.03. The number of para-hydroxylation sites is 1. The molecule has 0 unspecified atom stereocenters. The van der Waals surface area contributed by atoms with E-state index in [1.165, 1.54) is 18.2 Å². The monoisotopic (exact) mass is 329 g/mol. The van der Waals surface area contributed by atoms with Crippen molar-refractivity contribution in [3.63, 3.8) is 0 Å². The number of nitrogens with two attached hydrogens (primary N) is 1. The maximum absolute atomic E-state index is 13.0. The van der Waals surface area contributed by atoms with Crippen molar-refractivity contribution in [1.82, 2.24) is 0 Å². The summed E-state index contributed by atoms with van der Waals surface area (Å²) < 4.78 is 54.5. The second-order valence-electron chi connectivity index (χ2n) is 5.08. The average Bonchev–Trinajstić information content (AvgIpc) is 2.36. The molecule has 0 radical (unpaired) electrons. The van der Waals surface area contributed by atoms with Gasteiger partial charge in [-0.05, 0) is 24.8 Å². The van der Waals surface area contributed by atoms with Crippen LogP contribution < -0.4 is 10.5 Å². The van der Waals surface area contributed by atoms with Crippen LogP contribution in [0, 0.1) is 5.92 Å². The Morgan fingerprint density at radius 1 is 1.14 bits per heavy atom. The Kier molecular flexibility index (Phi) is 8.03. The quantitative estimate of drug-likeness (QED) is 0.730. The van der Waals surface area contributed by atoms with Crippen LogP contribution in [-0.2, 0) is 0 Å². The highest BCUT2D eigenvalue weighted by molar-refractivity contribution is 5.85. The van der Waals surface area contributed by atoms with Gasteiger partial charge in [-0.3, -0.25) is 0 Å². The molecular formula is C14H20ClF4NO. The summed E-state index contributed by atoms with van der Waals surface area (Å²) in [4.78, 5) is 0. The molecular weight excluding hydrogens is 310 g/mol. The Labute approximate surface area is 128 Å². The van der Waals surface area contributed by atoms with E-state index in [1.54, 1.807) is 6.07 Å². The van der Waals surface area contributed by atoms with E-state index in [2.05, 4.69) is 4.74 Å². The number of ether oxygens (including phenoxy) is 1. The summed E-state index contributed by atoms with van der Waals surface area (Å²) >= 11 is 0. The van der Waals surface area contributed by atoms with Crippen molar-refractivity contribution in [1.29, 1.82) is 0 Å². The molecule has 0 aliphatic heterocycles. The molecule has 0 heterocycles. The Hall–Kier alpha value is -1.01. The fourth-order valence-corrected chi connectivity index (χ4v) is 1.74. The molecule has 122 valence electrons. The summed E-state index contributed by atoms with van der Waals surface area (Å²) in [6.45, 7) is 4.03. The van der Waals surface area contributed by atoms with E-state index < -0.39 is 18.6 Å². The minimum atomic E-state index is -4.52. The third kappa shape index (κ3) is 6.09. The van der Waals surface area contributed by atoms with Crippen LogP contribution >= 0.6 is 12.4 Å². The lowest BCUT2D eigenvalue weighted by molar-refractivity contribution is -0.253. The van der Waals surface area contributed by atoms with E-state index >= 15 is 0 Å². The molecule has 0 aromatic heterocycles. The Balaban J connectivity index is 0.00000400.